The molecular formula is C28H34N2O5. The molecule has 2 amide bonds. The molecule has 7 nitrogen and oxygen atoms in total. The summed E-state index contributed by atoms with van der Waals surface area (Å²) in [5.74, 6) is -0.829. The molecule has 2 aromatic carbocycles. The number of amides is 2. The van der Waals surface area contributed by atoms with E-state index in [9.17, 15) is 14.4 Å². The minimum absolute atomic E-state index is 0.0195. The van der Waals surface area contributed by atoms with Crippen LogP contribution in [0.25, 0.3) is 11.1 Å². The maximum Gasteiger partial charge on any atom is 0.407 e. The third-order valence-corrected chi connectivity index (χ3v) is 7.10. The quantitative estimate of drug-likeness (QED) is 0.453. The first-order chi connectivity index (χ1) is 16.9. The zero-order chi connectivity index (χ0) is 24.8. The van der Waals surface area contributed by atoms with Crippen molar-refractivity contribution in [3.05, 3.63) is 59.7 Å². The van der Waals surface area contributed by atoms with Crippen LogP contribution in [0.4, 0.5) is 4.79 Å². The van der Waals surface area contributed by atoms with Gasteiger partial charge in [0, 0.05) is 24.4 Å². The van der Waals surface area contributed by atoms with Crippen LogP contribution in [0.3, 0.4) is 0 Å². The van der Waals surface area contributed by atoms with Crippen LogP contribution in [-0.4, -0.2) is 41.8 Å². The van der Waals surface area contributed by atoms with Gasteiger partial charge in [-0.25, -0.2) is 4.79 Å². The van der Waals surface area contributed by atoms with Crippen molar-refractivity contribution in [2.75, 3.05) is 6.61 Å². The van der Waals surface area contributed by atoms with Gasteiger partial charge < -0.3 is 20.5 Å². The van der Waals surface area contributed by atoms with E-state index >= 15 is 0 Å². The summed E-state index contributed by atoms with van der Waals surface area (Å²) >= 11 is 0. The Bertz CT molecular complexity index is 1020. The molecule has 2 aliphatic carbocycles. The van der Waals surface area contributed by atoms with Crippen LogP contribution in [0, 0.1) is 5.92 Å². The Balaban J connectivity index is 1.24. The smallest absolute Gasteiger partial charge is 0.407 e. The van der Waals surface area contributed by atoms with Crippen LogP contribution in [0.15, 0.2) is 48.5 Å². The number of rotatable bonds is 10. The molecule has 3 atom stereocenters. The van der Waals surface area contributed by atoms with Crippen molar-refractivity contribution in [1.29, 1.82) is 0 Å². The predicted molar refractivity (Wildman–Crippen MR) is 133 cm³/mol. The highest BCUT2D eigenvalue weighted by Crippen LogP contribution is 2.44. The summed E-state index contributed by atoms with van der Waals surface area (Å²) in [7, 11) is 0. The molecular weight excluding hydrogens is 444 g/mol. The number of carboxylic acids is 1. The van der Waals surface area contributed by atoms with E-state index in [0.717, 1.165) is 25.7 Å². The molecule has 0 saturated heterocycles. The number of carbonyl (C=O) groups is 3. The molecule has 2 aliphatic rings. The lowest BCUT2D eigenvalue weighted by Gasteiger charge is -2.18. The van der Waals surface area contributed by atoms with E-state index in [1.54, 1.807) is 0 Å². The average Bonchev–Trinajstić information content (AvgIpc) is 3.39. The zero-order valence-electron chi connectivity index (χ0n) is 20.2. The first-order valence-corrected chi connectivity index (χ1v) is 12.6. The Hall–Kier alpha value is -3.35. The maximum absolute atomic E-state index is 12.6. The van der Waals surface area contributed by atoms with Crippen molar-refractivity contribution in [3.63, 3.8) is 0 Å². The van der Waals surface area contributed by atoms with Crippen LogP contribution in [0.2, 0.25) is 0 Å². The standard InChI is InChI=1S/C28H34N2O5/c1-2-7-19(16-27(32)33)29-26(31)15-18-12-13-20(14-18)30-28(34)35-17-25-23-10-5-3-8-21(23)22-9-4-6-11-24(22)25/h3-6,8-11,18-20,25H,2,7,12-17H2,1H3,(H,29,31)(H,30,34)(H,32,33)/t18-,19+,20+/m1/s1. The third-order valence-electron chi connectivity index (χ3n) is 7.10. The molecule has 35 heavy (non-hydrogen) atoms. The monoisotopic (exact) mass is 478 g/mol. The molecule has 1 saturated carbocycles. The second-order valence-corrected chi connectivity index (χ2v) is 9.70. The van der Waals surface area contributed by atoms with Gasteiger partial charge in [-0.1, -0.05) is 61.9 Å². The average molecular weight is 479 g/mol. The number of benzene rings is 2. The fraction of sp³-hybridized carbons (Fsp3) is 0.464. The SMILES string of the molecule is CCC[C@@H](CC(=O)O)NC(=O)C[C@@H]1CC[C@H](NC(=O)OCC2c3ccccc3-c3ccccc32)C1. The Kier molecular flexibility index (Phi) is 8.06. The van der Waals surface area contributed by atoms with Gasteiger partial charge in [0.1, 0.15) is 6.61 Å². The Morgan fingerprint density at radius 3 is 2.31 bits per heavy atom. The van der Waals surface area contributed by atoms with E-state index in [2.05, 4.69) is 34.9 Å². The second-order valence-electron chi connectivity index (χ2n) is 9.70. The number of aliphatic carboxylic acids is 1. The van der Waals surface area contributed by atoms with Gasteiger partial charge in [0.15, 0.2) is 0 Å². The topological polar surface area (TPSA) is 105 Å². The van der Waals surface area contributed by atoms with Crippen LogP contribution in [-0.2, 0) is 14.3 Å². The summed E-state index contributed by atoms with van der Waals surface area (Å²) < 4.78 is 5.65. The van der Waals surface area contributed by atoms with Crippen molar-refractivity contribution in [3.8, 4) is 11.1 Å². The second kappa shape index (κ2) is 11.4. The first kappa shape index (κ1) is 24.8. The largest absolute Gasteiger partial charge is 0.481 e. The Morgan fingerprint density at radius 1 is 1.03 bits per heavy atom. The summed E-state index contributed by atoms with van der Waals surface area (Å²) in [4.78, 5) is 36.0. The molecule has 0 radical (unpaired) electrons. The number of nitrogens with one attached hydrogen (secondary N) is 2. The molecule has 0 aromatic heterocycles. The lowest BCUT2D eigenvalue weighted by atomic mass is 9.98. The summed E-state index contributed by atoms with van der Waals surface area (Å²) in [6.07, 6.45) is 3.69. The number of carboxylic acid groups (broad SMARTS) is 1. The number of hydrogen-bond acceptors (Lipinski definition) is 4. The molecule has 0 unspecified atom stereocenters. The molecule has 0 aliphatic heterocycles. The van der Waals surface area contributed by atoms with Gasteiger partial charge in [-0.2, -0.15) is 0 Å². The van der Waals surface area contributed by atoms with E-state index in [1.165, 1.54) is 22.3 Å². The minimum Gasteiger partial charge on any atom is -0.481 e. The van der Waals surface area contributed by atoms with Gasteiger partial charge in [-0.15, -0.1) is 0 Å². The van der Waals surface area contributed by atoms with Crippen LogP contribution in [0.1, 0.15) is 68.9 Å². The molecule has 1 fully saturated rings. The fourth-order valence-corrected chi connectivity index (χ4v) is 5.53. The number of carbonyl (C=O) groups excluding carboxylic acids is 2. The maximum atomic E-state index is 12.6. The molecule has 186 valence electrons. The van der Waals surface area contributed by atoms with Gasteiger partial charge >= 0.3 is 12.1 Å². The van der Waals surface area contributed by atoms with Crippen LogP contribution >= 0.6 is 0 Å². The van der Waals surface area contributed by atoms with E-state index < -0.39 is 12.1 Å². The van der Waals surface area contributed by atoms with Crippen molar-refractivity contribution < 1.29 is 24.2 Å². The van der Waals surface area contributed by atoms with Gasteiger partial charge in [-0.3, -0.25) is 9.59 Å². The van der Waals surface area contributed by atoms with E-state index in [0.29, 0.717) is 12.8 Å². The lowest BCUT2D eigenvalue weighted by molar-refractivity contribution is -0.137. The van der Waals surface area contributed by atoms with Crippen molar-refractivity contribution in [2.45, 2.75) is 69.9 Å². The van der Waals surface area contributed by atoms with E-state index in [4.69, 9.17) is 9.84 Å². The number of ether oxygens (including phenoxy) is 1. The van der Waals surface area contributed by atoms with E-state index in [-0.39, 0.29) is 42.9 Å². The summed E-state index contributed by atoms with van der Waals surface area (Å²) in [6.45, 7) is 2.25. The van der Waals surface area contributed by atoms with Gasteiger partial charge in [0.05, 0.1) is 6.42 Å². The number of hydrogen-bond donors (Lipinski definition) is 3. The van der Waals surface area contributed by atoms with Crippen molar-refractivity contribution in [1.82, 2.24) is 10.6 Å². The Labute approximate surface area is 206 Å². The van der Waals surface area contributed by atoms with E-state index in [1.807, 2.05) is 31.2 Å². The lowest BCUT2D eigenvalue weighted by Crippen LogP contribution is -2.37. The van der Waals surface area contributed by atoms with Crippen LogP contribution < -0.4 is 10.6 Å². The van der Waals surface area contributed by atoms with Crippen molar-refractivity contribution >= 4 is 18.0 Å². The molecule has 2 aromatic rings. The molecule has 0 heterocycles. The van der Waals surface area contributed by atoms with Crippen LogP contribution in [0.5, 0.6) is 0 Å². The highest BCUT2D eigenvalue weighted by molar-refractivity contribution is 5.79. The molecule has 0 bridgehead atoms. The molecule has 7 heteroatoms. The first-order valence-electron chi connectivity index (χ1n) is 12.6. The third kappa shape index (κ3) is 6.21. The van der Waals surface area contributed by atoms with Gasteiger partial charge in [0.2, 0.25) is 5.91 Å². The highest BCUT2D eigenvalue weighted by atomic mass is 16.5. The predicted octanol–water partition coefficient (Wildman–Crippen LogP) is 4.84. The van der Waals surface area contributed by atoms with Gasteiger partial charge in [0.25, 0.3) is 0 Å². The fourth-order valence-electron chi connectivity index (χ4n) is 5.53. The number of fused-ring (bicyclic) bond motifs is 3. The highest BCUT2D eigenvalue weighted by Gasteiger charge is 2.31. The summed E-state index contributed by atoms with van der Waals surface area (Å²) in [5.41, 5.74) is 4.74. The number of alkyl carbamates (subject to hydrolysis) is 1. The Morgan fingerprint density at radius 2 is 1.69 bits per heavy atom. The normalized spacial score (nSPS) is 19.5. The van der Waals surface area contributed by atoms with Crippen molar-refractivity contribution in [2.24, 2.45) is 5.92 Å². The zero-order valence-corrected chi connectivity index (χ0v) is 20.2. The van der Waals surface area contributed by atoms with Gasteiger partial charge in [-0.05, 0) is 53.9 Å². The summed E-state index contributed by atoms with van der Waals surface area (Å²) in [5, 5.41) is 14.9. The molecule has 0 spiro atoms. The molecule has 4 rings (SSSR count). The minimum atomic E-state index is -0.906. The molecule has 3 N–H and O–H groups in total. The summed E-state index contributed by atoms with van der Waals surface area (Å²) in [6, 6.07) is 16.1.